The summed E-state index contributed by atoms with van der Waals surface area (Å²) in [5.74, 6) is 1.71. The van der Waals surface area contributed by atoms with E-state index in [4.69, 9.17) is 14.2 Å². The quantitative estimate of drug-likeness (QED) is 0.717. The fourth-order valence-electron chi connectivity index (χ4n) is 2.36. The van der Waals surface area contributed by atoms with Crippen LogP contribution in [0.15, 0.2) is 79.4 Å². The Morgan fingerprint density at radius 1 is 0.917 bits per heavy atom. The Morgan fingerprint density at radius 2 is 1.79 bits per heavy atom. The summed E-state index contributed by atoms with van der Waals surface area (Å²) in [5.41, 5.74) is 1.67. The van der Waals surface area contributed by atoms with Crippen LogP contribution in [0.5, 0.6) is 11.6 Å². The van der Waals surface area contributed by atoms with Gasteiger partial charge in [0.15, 0.2) is 5.76 Å². The van der Waals surface area contributed by atoms with Gasteiger partial charge in [0.2, 0.25) is 5.88 Å². The molecule has 2 aromatic heterocycles. The maximum Gasteiger partial charge on any atom is 0.272 e. The molecule has 4 rings (SSSR count). The van der Waals surface area contributed by atoms with Gasteiger partial charge in [-0.25, -0.2) is 4.98 Å². The van der Waals surface area contributed by atoms with Crippen LogP contribution in [-0.4, -0.2) is 9.97 Å². The van der Waals surface area contributed by atoms with E-state index in [1.165, 1.54) is 0 Å². The molecule has 0 saturated heterocycles. The first-order valence-electron chi connectivity index (χ1n) is 7.51. The van der Waals surface area contributed by atoms with Crippen molar-refractivity contribution in [2.45, 2.75) is 6.29 Å². The van der Waals surface area contributed by atoms with Crippen LogP contribution in [0.2, 0.25) is 0 Å². The predicted molar refractivity (Wildman–Crippen MR) is 87.9 cm³/mol. The van der Waals surface area contributed by atoms with Crippen molar-refractivity contribution in [2.24, 2.45) is 0 Å². The monoisotopic (exact) mass is 318 g/mol. The molecule has 24 heavy (non-hydrogen) atoms. The van der Waals surface area contributed by atoms with Gasteiger partial charge in [-0.15, -0.1) is 0 Å². The van der Waals surface area contributed by atoms with E-state index in [2.05, 4.69) is 9.97 Å². The highest BCUT2D eigenvalue weighted by Crippen LogP contribution is 2.37. The molecule has 0 aliphatic carbocycles. The van der Waals surface area contributed by atoms with Crippen LogP contribution in [0, 0.1) is 0 Å². The average molecular weight is 318 g/mol. The lowest BCUT2D eigenvalue weighted by Crippen LogP contribution is -2.03. The van der Waals surface area contributed by atoms with Crippen LogP contribution in [0.25, 0.3) is 5.76 Å². The third kappa shape index (κ3) is 2.92. The zero-order chi connectivity index (χ0) is 16.2. The highest BCUT2D eigenvalue weighted by atomic mass is 16.7. The number of benzene rings is 1. The van der Waals surface area contributed by atoms with Crippen molar-refractivity contribution in [2.75, 3.05) is 0 Å². The van der Waals surface area contributed by atoms with Gasteiger partial charge in [0.1, 0.15) is 12.0 Å². The minimum absolute atomic E-state index is 0.429. The Balaban J connectivity index is 1.56. The summed E-state index contributed by atoms with van der Waals surface area (Å²) in [6.07, 6.45) is 5.99. The summed E-state index contributed by atoms with van der Waals surface area (Å²) in [7, 11) is 0. The van der Waals surface area contributed by atoms with E-state index in [1.807, 2.05) is 48.5 Å². The van der Waals surface area contributed by atoms with Gasteiger partial charge < -0.3 is 14.2 Å². The molecule has 0 bridgehead atoms. The van der Waals surface area contributed by atoms with E-state index < -0.39 is 6.29 Å². The molecule has 1 aliphatic rings. The Morgan fingerprint density at radius 3 is 2.62 bits per heavy atom. The Bertz CT molecular complexity index is 851. The molecule has 0 N–H and O–H groups in total. The second-order valence-electron chi connectivity index (χ2n) is 5.12. The zero-order valence-corrected chi connectivity index (χ0v) is 12.7. The molecular formula is C19H14N2O3. The number of hydrogen-bond acceptors (Lipinski definition) is 5. The molecule has 1 aliphatic heterocycles. The molecule has 1 aromatic carbocycles. The lowest BCUT2D eigenvalue weighted by atomic mass is 10.2. The fourth-order valence-corrected chi connectivity index (χ4v) is 2.36. The number of hydrogen-bond donors (Lipinski definition) is 0. The molecule has 5 heteroatoms. The molecule has 5 nitrogen and oxygen atoms in total. The highest BCUT2D eigenvalue weighted by Gasteiger charge is 2.26. The maximum absolute atomic E-state index is 5.92. The number of nitrogens with zero attached hydrogens (tertiary/aromatic N) is 2. The van der Waals surface area contributed by atoms with E-state index in [0.29, 0.717) is 23.0 Å². The first kappa shape index (κ1) is 14.3. The van der Waals surface area contributed by atoms with Crippen LogP contribution in [0.4, 0.5) is 0 Å². The Labute approximate surface area is 139 Å². The van der Waals surface area contributed by atoms with Crippen LogP contribution >= 0.6 is 0 Å². The van der Waals surface area contributed by atoms with Crippen molar-refractivity contribution in [3.8, 4) is 11.6 Å². The Hall–Kier alpha value is -3.34. The van der Waals surface area contributed by atoms with Gasteiger partial charge in [-0.05, 0) is 24.3 Å². The number of aromatic nitrogens is 2. The van der Waals surface area contributed by atoms with Crippen LogP contribution in [0.3, 0.4) is 0 Å². The minimum atomic E-state index is -0.597. The molecule has 0 amide bonds. The molecule has 3 heterocycles. The normalized spacial score (nSPS) is 16.0. The predicted octanol–water partition coefficient (Wildman–Crippen LogP) is 4.31. The number of rotatable bonds is 4. The zero-order valence-electron chi connectivity index (χ0n) is 12.7. The molecular weight excluding hydrogens is 304 g/mol. The number of pyridine rings is 2. The van der Waals surface area contributed by atoms with Crippen molar-refractivity contribution in [1.82, 2.24) is 9.97 Å². The van der Waals surface area contributed by atoms with Gasteiger partial charge in [-0.1, -0.05) is 30.3 Å². The van der Waals surface area contributed by atoms with Gasteiger partial charge in [0.25, 0.3) is 6.29 Å². The fraction of sp³-hybridized carbons (Fsp3) is 0.0526. The van der Waals surface area contributed by atoms with Crippen molar-refractivity contribution < 1.29 is 14.2 Å². The van der Waals surface area contributed by atoms with E-state index >= 15 is 0 Å². The third-order valence-electron chi connectivity index (χ3n) is 3.49. The van der Waals surface area contributed by atoms with Crippen LogP contribution < -0.4 is 4.74 Å². The standard InChI is InChI=1S/C19H14N2O3/c1-2-6-14(7-3-1)17-13-22-19(24-17)16-9-5-11-21-18(16)23-15-8-4-10-20-12-15/h1-13,19H/t19-/m0/s1. The van der Waals surface area contributed by atoms with E-state index in [0.717, 1.165) is 5.56 Å². The lowest BCUT2D eigenvalue weighted by molar-refractivity contribution is -0.0187. The third-order valence-corrected chi connectivity index (χ3v) is 3.49. The smallest absolute Gasteiger partial charge is 0.272 e. The lowest BCUT2D eigenvalue weighted by Gasteiger charge is -2.15. The minimum Gasteiger partial charge on any atom is -0.454 e. The summed E-state index contributed by atoms with van der Waals surface area (Å²) in [5, 5.41) is 0. The van der Waals surface area contributed by atoms with Crippen molar-refractivity contribution >= 4 is 5.76 Å². The largest absolute Gasteiger partial charge is 0.454 e. The molecule has 118 valence electrons. The van der Waals surface area contributed by atoms with E-state index in [-0.39, 0.29) is 0 Å². The van der Waals surface area contributed by atoms with Crippen LogP contribution in [0.1, 0.15) is 17.4 Å². The molecule has 0 saturated carbocycles. The molecule has 0 fully saturated rings. The van der Waals surface area contributed by atoms with E-state index in [1.54, 1.807) is 30.9 Å². The Kier molecular flexibility index (Phi) is 3.81. The molecule has 1 atom stereocenters. The second-order valence-corrected chi connectivity index (χ2v) is 5.12. The summed E-state index contributed by atoms with van der Waals surface area (Å²) in [6, 6.07) is 17.1. The molecule has 0 unspecified atom stereocenters. The van der Waals surface area contributed by atoms with Crippen molar-refractivity contribution in [1.29, 1.82) is 0 Å². The summed E-state index contributed by atoms with van der Waals surface area (Å²) in [4.78, 5) is 8.32. The van der Waals surface area contributed by atoms with Gasteiger partial charge in [0, 0.05) is 18.0 Å². The molecule has 0 radical (unpaired) electrons. The van der Waals surface area contributed by atoms with Gasteiger partial charge in [-0.2, -0.15) is 0 Å². The average Bonchev–Trinajstić information content (AvgIpc) is 3.14. The van der Waals surface area contributed by atoms with E-state index in [9.17, 15) is 0 Å². The molecule has 0 spiro atoms. The SMILES string of the molecule is C1=C(c2ccccc2)O[C@@H](c2cccnc2Oc2cccnc2)O1. The molecule has 3 aromatic rings. The topological polar surface area (TPSA) is 53.5 Å². The van der Waals surface area contributed by atoms with Gasteiger partial charge >= 0.3 is 0 Å². The highest BCUT2D eigenvalue weighted by molar-refractivity contribution is 5.60. The first-order chi connectivity index (χ1) is 11.9. The first-order valence-corrected chi connectivity index (χ1v) is 7.51. The summed E-state index contributed by atoms with van der Waals surface area (Å²) >= 11 is 0. The number of ether oxygens (including phenoxy) is 3. The maximum atomic E-state index is 5.92. The van der Waals surface area contributed by atoms with Gasteiger partial charge in [-0.3, -0.25) is 4.98 Å². The summed E-state index contributed by atoms with van der Waals surface area (Å²) < 4.78 is 17.4. The summed E-state index contributed by atoms with van der Waals surface area (Å²) in [6.45, 7) is 0. The second kappa shape index (κ2) is 6.42. The van der Waals surface area contributed by atoms with Gasteiger partial charge in [0.05, 0.1) is 11.8 Å². The van der Waals surface area contributed by atoms with Crippen molar-refractivity contribution in [3.05, 3.63) is 90.6 Å². The van der Waals surface area contributed by atoms with Crippen LogP contribution in [-0.2, 0) is 9.47 Å². The van der Waals surface area contributed by atoms with Crippen molar-refractivity contribution in [3.63, 3.8) is 0 Å².